The molecule has 0 aliphatic carbocycles. The van der Waals surface area contributed by atoms with Gasteiger partial charge in [-0.2, -0.15) is 4.98 Å². The number of rotatable bonds is 6. The van der Waals surface area contributed by atoms with Crippen LogP contribution in [-0.4, -0.2) is 31.5 Å². The third kappa shape index (κ3) is 5.86. The maximum atomic E-state index is 12.5. The topological polar surface area (TPSA) is 120 Å². The summed E-state index contributed by atoms with van der Waals surface area (Å²) in [6.07, 6.45) is 0. The second kappa shape index (κ2) is 9.09. The molecule has 0 saturated carbocycles. The number of para-hydroxylation sites is 1. The Bertz CT molecular complexity index is 984. The number of urea groups is 1. The van der Waals surface area contributed by atoms with Crippen molar-refractivity contribution in [3.63, 3.8) is 0 Å². The average molecular weight is 454 g/mol. The van der Waals surface area contributed by atoms with Crippen LogP contribution in [0.3, 0.4) is 0 Å². The zero-order valence-corrected chi connectivity index (χ0v) is 16.5. The molecule has 9 nitrogen and oxygen atoms in total. The number of carbonyl (C=O) groups is 1. The summed E-state index contributed by atoms with van der Waals surface area (Å²) >= 11 is 16.8. The number of benzene rings is 1. The third-order valence-corrected chi connectivity index (χ3v) is 4.83. The Labute approximate surface area is 169 Å². The molecule has 2 amide bonds. The minimum Gasteiger partial charge on any atom is -0.481 e. The lowest BCUT2D eigenvalue weighted by molar-refractivity contribution is 0.256. The molecule has 0 spiro atoms. The van der Waals surface area contributed by atoms with Gasteiger partial charge in [0.25, 0.3) is 10.0 Å². The van der Waals surface area contributed by atoms with Crippen molar-refractivity contribution in [2.75, 3.05) is 12.4 Å². The zero-order valence-electron chi connectivity index (χ0n) is 13.4. The van der Waals surface area contributed by atoms with Gasteiger partial charge in [0.15, 0.2) is 0 Å². The molecular formula is C14H11Cl3N4O5S. The molecule has 13 heteroatoms. The number of halogens is 3. The molecule has 0 atom stereocenters. The van der Waals surface area contributed by atoms with Crippen molar-refractivity contribution in [2.24, 2.45) is 0 Å². The molecule has 0 saturated heterocycles. The molecule has 144 valence electrons. The van der Waals surface area contributed by atoms with E-state index in [0.717, 1.165) is 5.54 Å². The van der Waals surface area contributed by atoms with Crippen molar-refractivity contribution in [3.8, 4) is 11.6 Å². The van der Waals surface area contributed by atoms with Gasteiger partial charge < -0.3 is 9.47 Å². The Morgan fingerprint density at radius 2 is 1.96 bits per heavy atom. The standard InChI is InChI=1S/C14H11Cl3N4O5S/c1-25-12-6-10(16)18-13(19-12)20-14(22)21-27(23,24)9-5-3-2-4-8(9)26-11(17)7-15/h2-7H,1H3,(H2,18,19,20,21,22)/b11-7+. The van der Waals surface area contributed by atoms with Crippen molar-refractivity contribution >= 4 is 56.8 Å². The molecule has 0 bridgehead atoms. The van der Waals surface area contributed by atoms with Gasteiger partial charge in [-0.1, -0.05) is 35.3 Å². The van der Waals surface area contributed by atoms with Crippen LogP contribution < -0.4 is 19.5 Å². The molecule has 1 aromatic carbocycles. The second-order valence-corrected chi connectivity index (χ2v) is 7.21. The Morgan fingerprint density at radius 3 is 2.63 bits per heavy atom. The minimum absolute atomic E-state index is 0.0127. The maximum absolute atomic E-state index is 12.5. The summed E-state index contributed by atoms with van der Waals surface area (Å²) in [5.74, 6) is -0.320. The largest absolute Gasteiger partial charge is 0.481 e. The van der Waals surface area contributed by atoms with Gasteiger partial charge in [0, 0.05) is 6.07 Å². The van der Waals surface area contributed by atoms with Crippen LogP contribution in [0.25, 0.3) is 0 Å². The number of sulfonamides is 1. The number of ether oxygens (including phenoxy) is 2. The van der Waals surface area contributed by atoms with Crippen LogP contribution in [0.1, 0.15) is 0 Å². The van der Waals surface area contributed by atoms with Crippen molar-refractivity contribution in [1.82, 2.24) is 14.7 Å². The van der Waals surface area contributed by atoms with E-state index >= 15 is 0 Å². The number of methoxy groups -OCH3 is 1. The van der Waals surface area contributed by atoms with E-state index in [1.165, 1.54) is 37.4 Å². The second-order valence-electron chi connectivity index (χ2n) is 4.58. The van der Waals surface area contributed by atoms with Gasteiger partial charge in [-0.05, 0) is 23.7 Å². The number of amides is 2. The third-order valence-electron chi connectivity index (χ3n) is 2.76. The lowest BCUT2D eigenvalue weighted by Gasteiger charge is -2.12. The summed E-state index contributed by atoms with van der Waals surface area (Å²) in [7, 11) is -2.99. The van der Waals surface area contributed by atoms with Gasteiger partial charge >= 0.3 is 6.03 Å². The Balaban J connectivity index is 2.21. The molecule has 2 rings (SSSR count). The summed E-state index contributed by atoms with van der Waals surface area (Å²) in [5.41, 5.74) is 0.912. The highest BCUT2D eigenvalue weighted by Crippen LogP contribution is 2.26. The highest BCUT2D eigenvalue weighted by atomic mass is 35.5. The van der Waals surface area contributed by atoms with E-state index in [0.29, 0.717) is 0 Å². The first-order chi connectivity index (χ1) is 12.7. The summed E-state index contributed by atoms with van der Waals surface area (Å²) < 4.78 is 36.7. The highest BCUT2D eigenvalue weighted by Gasteiger charge is 2.23. The first-order valence-corrected chi connectivity index (χ1v) is 9.58. The highest BCUT2D eigenvalue weighted by molar-refractivity contribution is 7.90. The summed E-state index contributed by atoms with van der Waals surface area (Å²) in [6, 6.07) is 5.67. The lowest BCUT2D eigenvalue weighted by atomic mass is 10.3. The summed E-state index contributed by atoms with van der Waals surface area (Å²) in [4.78, 5) is 19.2. The molecule has 27 heavy (non-hydrogen) atoms. The predicted octanol–water partition coefficient (Wildman–Crippen LogP) is 3.30. The van der Waals surface area contributed by atoms with E-state index in [1.54, 1.807) is 4.72 Å². The first-order valence-electron chi connectivity index (χ1n) is 6.90. The van der Waals surface area contributed by atoms with Gasteiger partial charge in [0.1, 0.15) is 15.8 Å². The number of anilines is 1. The van der Waals surface area contributed by atoms with Crippen LogP contribution >= 0.6 is 34.8 Å². The quantitative estimate of drug-likeness (QED) is 0.508. The molecule has 0 aliphatic rings. The van der Waals surface area contributed by atoms with E-state index in [9.17, 15) is 13.2 Å². The monoisotopic (exact) mass is 452 g/mol. The van der Waals surface area contributed by atoms with E-state index in [2.05, 4.69) is 15.3 Å². The number of hydrogen-bond acceptors (Lipinski definition) is 7. The van der Waals surface area contributed by atoms with Crippen molar-refractivity contribution in [1.29, 1.82) is 0 Å². The van der Waals surface area contributed by atoms with Gasteiger partial charge in [-0.15, -0.1) is 0 Å². The molecule has 0 fully saturated rings. The fourth-order valence-electron chi connectivity index (χ4n) is 1.75. The van der Waals surface area contributed by atoms with Gasteiger partial charge in [0.05, 0.1) is 12.6 Å². The molecule has 1 heterocycles. The number of carbonyl (C=O) groups excluding carboxylic acids is 1. The average Bonchev–Trinajstić information content (AvgIpc) is 2.60. The summed E-state index contributed by atoms with van der Waals surface area (Å²) in [5, 5.41) is 1.87. The van der Waals surface area contributed by atoms with Crippen LogP contribution in [0.5, 0.6) is 11.6 Å². The first kappa shape index (κ1) is 21.0. The Morgan fingerprint density at radius 1 is 1.26 bits per heavy atom. The van der Waals surface area contributed by atoms with Gasteiger partial charge in [-0.3, -0.25) is 5.32 Å². The minimum atomic E-state index is -4.33. The smallest absolute Gasteiger partial charge is 0.335 e. The van der Waals surface area contributed by atoms with Crippen LogP contribution in [0, 0.1) is 0 Å². The van der Waals surface area contributed by atoms with Crippen LogP contribution in [0.15, 0.2) is 46.0 Å². The molecule has 1 aromatic heterocycles. The van der Waals surface area contributed by atoms with Crippen molar-refractivity contribution in [2.45, 2.75) is 4.90 Å². The number of aromatic nitrogens is 2. The van der Waals surface area contributed by atoms with Gasteiger partial charge in [-0.25, -0.2) is 22.9 Å². The Kier molecular flexibility index (Phi) is 7.08. The van der Waals surface area contributed by atoms with E-state index in [-0.39, 0.29) is 32.8 Å². The molecule has 0 aliphatic heterocycles. The normalized spacial score (nSPS) is 11.6. The fourth-order valence-corrected chi connectivity index (χ4v) is 3.08. The predicted molar refractivity (Wildman–Crippen MR) is 99.8 cm³/mol. The van der Waals surface area contributed by atoms with Crippen molar-refractivity contribution < 1.29 is 22.7 Å². The molecule has 0 radical (unpaired) electrons. The van der Waals surface area contributed by atoms with E-state index in [4.69, 9.17) is 44.3 Å². The number of nitrogens with one attached hydrogen (secondary N) is 2. The van der Waals surface area contributed by atoms with Crippen LogP contribution in [0.4, 0.5) is 10.7 Å². The van der Waals surface area contributed by atoms with E-state index < -0.39 is 16.1 Å². The molecule has 0 unspecified atom stereocenters. The van der Waals surface area contributed by atoms with Crippen LogP contribution in [-0.2, 0) is 10.0 Å². The SMILES string of the molecule is COc1cc(Cl)nc(NC(=O)NS(=O)(=O)c2ccccc2O/C(Cl)=C/Cl)n1. The number of nitrogens with zero attached hydrogens (tertiary/aromatic N) is 2. The number of hydrogen-bond donors (Lipinski definition) is 2. The summed E-state index contributed by atoms with van der Waals surface area (Å²) in [6.45, 7) is 0. The Hall–Kier alpha value is -2.27. The molecule has 2 N–H and O–H groups in total. The molecule has 2 aromatic rings. The zero-order chi connectivity index (χ0) is 20.0. The van der Waals surface area contributed by atoms with E-state index in [1.807, 2.05) is 0 Å². The maximum Gasteiger partial charge on any atom is 0.335 e. The fraction of sp³-hybridized carbons (Fsp3) is 0.0714. The lowest BCUT2D eigenvalue weighted by Crippen LogP contribution is -2.35. The molecular weight excluding hydrogens is 443 g/mol. The van der Waals surface area contributed by atoms with Crippen molar-refractivity contribution in [3.05, 3.63) is 46.2 Å². The van der Waals surface area contributed by atoms with Gasteiger partial charge in [0.2, 0.25) is 17.0 Å². The van der Waals surface area contributed by atoms with Crippen LogP contribution in [0.2, 0.25) is 5.15 Å².